The molecule has 0 atom stereocenters. The number of nitrogens with one attached hydrogen (secondary N) is 1. The van der Waals surface area contributed by atoms with Crippen molar-refractivity contribution in [2.45, 2.75) is 12.8 Å². The number of allylic oxidation sites excluding steroid dienone is 1. The average Bonchev–Trinajstić information content (AvgIpc) is 2.75. The molecule has 0 aliphatic carbocycles. The van der Waals surface area contributed by atoms with Crippen LogP contribution in [-0.2, 0) is 20.4 Å². The summed E-state index contributed by atoms with van der Waals surface area (Å²) in [5.74, 6) is -4.94. The number of Topliss-reactive ketones (excluding diaryl/α,β-unsaturated/α-hetero) is 1. The highest BCUT2D eigenvalue weighted by Crippen LogP contribution is 2.21. The monoisotopic (exact) mass is 471 g/mol. The van der Waals surface area contributed by atoms with Gasteiger partial charge in [-0.1, -0.05) is 12.1 Å². The van der Waals surface area contributed by atoms with Gasteiger partial charge >= 0.3 is 0 Å². The topological polar surface area (TPSA) is 72.5 Å². The average molecular weight is 471 g/mol. The molecule has 2 aromatic rings. The molecule has 1 N–H and O–H groups in total. The number of carbonyl (C=O) groups excluding carboxylic acids is 1. The Bertz CT molecular complexity index is 1110. The number of thiol groups is 1. The van der Waals surface area contributed by atoms with Crippen molar-refractivity contribution in [2.24, 2.45) is 0 Å². The minimum absolute atomic E-state index is 0.0542. The molecule has 0 saturated carbocycles. The predicted octanol–water partition coefficient (Wildman–Crippen LogP) is 3.82. The number of benzene rings is 2. The van der Waals surface area contributed by atoms with E-state index in [1.165, 1.54) is 31.4 Å². The van der Waals surface area contributed by atoms with Crippen molar-refractivity contribution in [1.29, 1.82) is 0 Å². The minimum Gasteiger partial charge on any atom is -0.385 e. The molecule has 0 fully saturated rings. The van der Waals surface area contributed by atoms with Crippen LogP contribution in [0.25, 0.3) is 12.2 Å². The van der Waals surface area contributed by atoms with Crippen LogP contribution in [0.4, 0.5) is 17.6 Å². The molecule has 5 nitrogen and oxygen atoms in total. The van der Waals surface area contributed by atoms with Crippen LogP contribution >= 0.6 is 0 Å². The van der Waals surface area contributed by atoms with Crippen molar-refractivity contribution in [3.05, 3.63) is 81.9 Å². The lowest BCUT2D eigenvalue weighted by Crippen LogP contribution is -2.21. The fourth-order valence-corrected chi connectivity index (χ4v) is 3.12. The summed E-state index contributed by atoms with van der Waals surface area (Å²) in [6, 6.07) is 6.09. The summed E-state index contributed by atoms with van der Waals surface area (Å²) in [4.78, 5) is 13.2. The number of hydrogen-bond donors (Lipinski definition) is 2. The van der Waals surface area contributed by atoms with E-state index in [-0.39, 0.29) is 28.7 Å². The van der Waals surface area contributed by atoms with Gasteiger partial charge in [-0.25, -0.2) is 30.7 Å². The highest BCUT2D eigenvalue weighted by atomic mass is 32.2. The largest absolute Gasteiger partial charge is 0.385 e. The number of hydrogen-bond acceptors (Lipinski definition) is 4. The first-order chi connectivity index (χ1) is 15.2. The highest BCUT2D eigenvalue weighted by molar-refractivity contribution is 7.70. The Morgan fingerprint density at radius 3 is 1.91 bits per heavy atom. The Kier molecular flexibility index (Phi) is 9.76. The zero-order valence-corrected chi connectivity index (χ0v) is 17.9. The summed E-state index contributed by atoms with van der Waals surface area (Å²) in [6.07, 6.45) is 3.19. The van der Waals surface area contributed by atoms with E-state index in [4.69, 9.17) is 4.74 Å². The number of carbonyl (C=O) groups is 1. The van der Waals surface area contributed by atoms with Crippen molar-refractivity contribution in [2.75, 3.05) is 20.3 Å². The fraction of sp³-hybridized carbons (Fsp3) is 0.227. The van der Waals surface area contributed by atoms with Crippen LogP contribution in [0.5, 0.6) is 0 Å². The van der Waals surface area contributed by atoms with E-state index in [0.29, 0.717) is 13.0 Å². The van der Waals surface area contributed by atoms with Crippen LogP contribution < -0.4 is 4.72 Å². The second kappa shape index (κ2) is 12.3. The molecule has 0 aliphatic rings. The second-order valence-electron chi connectivity index (χ2n) is 6.70. The van der Waals surface area contributed by atoms with E-state index in [9.17, 15) is 30.8 Å². The first-order valence-corrected chi connectivity index (χ1v) is 10.6. The van der Waals surface area contributed by atoms with Crippen LogP contribution in [0.3, 0.4) is 0 Å². The van der Waals surface area contributed by atoms with E-state index >= 15 is 0 Å². The summed E-state index contributed by atoms with van der Waals surface area (Å²) in [5.41, 5.74) is 0.477. The third-order valence-corrected chi connectivity index (χ3v) is 4.76. The van der Waals surface area contributed by atoms with Gasteiger partial charge in [-0.05, 0) is 60.4 Å². The molecule has 172 valence electrons. The minimum atomic E-state index is -3.04. The first-order valence-electron chi connectivity index (χ1n) is 9.44. The molecule has 0 spiro atoms. The molecule has 2 aromatic carbocycles. The summed E-state index contributed by atoms with van der Waals surface area (Å²) in [7, 11) is -1.56. The van der Waals surface area contributed by atoms with Gasteiger partial charge < -0.3 is 4.74 Å². The van der Waals surface area contributed by atoms with Crippen molar-refractivity contribution in [3.63, 3.8) is 0 Å². The van der Waals surface area contributed by atoms with Gasteiger partial charge in [0.05, 0.1) is 0 Å². The smallest absolute Gasteiger partial charge is 0.201 e. The molecule has 0 bridgehead atoms. The molecule has 0 aromatic heterocycles. The maximum atomic E-state index is 13.6. The normalized spacial score (nSPS) is 12.4. The number of rotatable bonds is 11. The van der Waals surface area contributed by atoms with E-state index in [1.54, 1.807) is 0 Å². The first kappa shape index (κ1) is 25.4. The Labute approximate surface area is 184 Å². The molecule has 0 aliphatic heterocycles. The van der Waals surface area contributed by atoms with Gasteiger partial charge in [0.15, 0.2) is 29.1 Å². The molecule has 0 saturated heterocycles. The van der Waals surface area contributed by atoms with Gasteiger partial charge in [0.1, 0.15) is 0 Å². The molecule has 0 heterocycles. The van der Waals surface area contributed by atoms with E-state index < -0.39 is 46.5 Å². The molecule has 32 heavy (non-hydrogen) atoms. The Morgan fingerprint density at radius 2 is 1.44 bits per heavy atom. The zero-order valence-electron chi connectivity index (χ0n) is 17.0. The summed E-state index contributed by atoms with van der Waals surface area (Å²) in [5, 5.41) is 0. The SMILES string of the molecule is COCCC/C(=C\c1ccc(F)c(F)c1)C(=O)/C(=C/c1ccc(F)c(F)c1)CN[SH](=O)=O. The maximum absolute atomic E-state index is 13.6. The van der Waals surface area contributed by atoms with Gasteiger partial charge in [0.25, 0.3) is 0 Å². The van der Waals surface area contributed by atoms with E-state index in [0.717, 1.165) is 24.3 Å². The van der Waals surface area contributed by atoms with Crippen molar-refractivity contribution < 1.29 is 35.5 Å². The van der Waals surface area contributed by atoms with Gasteiger partial charge in [-0.3, -0.25) is 4.79 Å². The summed E-state index contributed by atoms with van der Waals surface area (Å²) < 4.78 is 82.7. The highest BCUT2D eigenvalue weighted by Gasteiger charge is 2.17. The van der Waals surface area contributed by atoms with Crippen molar-refractivity contribution in [1.82, 2.24) is 4.72 Å². The molecule has 0 radical (unpaired) electrons. The number of methoxy groups -OCH3 is 1. The van der Waals surface area contributed by atoms with Crippen LogP contribution in [-0.4, -0.2) is 34.5 Å². The number of ketones is 1. The fourth-order valence-electron chi connectivity index (χ4n) is 2.82. The van der Waals surface area contributed by atoms with Crippen molar-refractivity contribution >= 4 is 28.8 Å². The van der Waals surface area contributed by atoms with Crippen LogP contribution in [0.2, 0.25) is 0 Å². The third-order valence-electron chi connectivity index (χ3n) is 4.35. The van der Waals surface area contributed by atoms with Gasteiger partial charge in [-0.15, -0.1) is 0 Å². The second-order valence-corrected chi connectivity index (χ2v) is 7.53. The molecular formula is C22H21F4NO4S. The standard InChI is InChI=1S/C22H21F4NO4S/c1-31-8-2-3-16(9-14-4-6-18(23)20(25)11-14)22(28)17(13-27-32(29)30)10-15-5-7-19(24)21(26)12-15/h4-7,9-12,32H,2-3,8,13H2,1H3,(H,27,29,30)/b16-9+,17-10+. The number of ether oxygens (including phenoxy) is 1. The Hall–Kier alpha value is -2.82. The van der Waals surface area contributed by atoms with Gasteiger partial charge in [-0.2, -0.15) is 0 Å². The van der Waals surface area contributed by atoms with Gasteiger partial charge in [0, 0.05) is 31.4 Å². The lowest BCUT2D eigenvalue weighted by atomic mass is 9.95. The van der Waals surface area contributed by atoms with Crippen molar-refractivity contribution in [3.8, 4) is 0 Å². The van der Waals surface area contributed by atoms with Crippen LogP contribution in [0.15, 0.2) is 47.5 Å². The predicted molar refractivity (Wildman–Crippen MR) is 113 cm³/mol. The number of halogens is 4. The Balaban J connectivity index is 2.48. The lowest BCUT2D eigenvalue weighted by molar-refractivity contribution is -0.112. The van der Waals surface area contributed by atoms with E-state index in [1.807, 2.05) is 0 Å². The molecule has 0 unspecified atom stereocenters. The molecular weight excluding hydrogens is 450 g/mol. The lowest BCUT2D eigenvalue weighted by Gasteiger charge is -2.11. The molecule has 10 heteroatoms. The van der Waals surface area contributed by atoms with E-state index in [2.05, 4.69) is 4.72 Å². The zero-order chi connectivity index (χ0) is 23.7. The third kappa shape index (κ3) is 7.70. The van der Waals surface area contributed by atoms with Crippen LogP contribution in [0, 0.1) is 23.3 Å². The summed E-state index contributed by atoms with van der Waals surface area (Å²) >= 11 is 0. The quantitative estimate of drug-likeness (QED) is 0.226. The summed E-state index contributed by atoms with van der Waals surface area (Å²) in [6.45, 7) is -0.0920. The maximum Gasteiger partial charge on any atom is 0.201 e. The molecule has 2 rings (SSSR count). The molecule has 0 amide bonds. The van der Waals surface area contributed by atoms with Gasteiger partial charge in [0.2, 0.25) is 10.9 Å². The Morgan fingerprint density at radius 1 is 0.906 bits per heavy atom. The van der Waals surface area contributed by atoms with Crippen LogP contribution in [0.1, 0.15) is 24.0 Å².